The molecule has 0 aliphatic carbocycles. The molecule has 1 unspecified atom stereocenters. The Kier molecular flexibility index (Phi) is 8.75. The van der Waals surface area contributed by atoms with Crippen LogP contribution in [0.1, 0.15) is 74.8 Å². The highest BCUT2D eigenvalue weighted by molar-refractivity contribution is 6.23. The van der Waals surface area contributed by atoms with Gasteiger partial charge in [-0.25, -0.2) is 14.6 Å². The second kappa shape index (κ2) is 13.7. The molecule has 0 saturated carbocycles. The molecule has 52 heavy (non-hydrogen) atoms. The van der Waals surface area contributed by atoms with Crippen molar-refractivity contribution in [2.24, 2.45) is 11.7 Å². The summed E-state index contributed by atoms with van der Waals surface area (Å²) in [6.07, 6.45) is 8.97. The van der Waals surface area contributed by atoms with E-state index in [2.05, 4.69) is 54.2 Å². The number of allylic oxidation sites excluding steroid dienone is 1. The van der Waals surface area contributed by atoms with Gasteiger partial charge < -0.3 is 26.2 Å². The van der Waals surface area contributed by atoms with Crippen LogP contribution in [0, 0.1) is 5.92 Å². The van der Waals surface area contributed by atoms with Crippen molar-refractivity contribution in [3.63, 3.8) is 0 Å². The van der Waals surface area contributed by atoms with Crippen molar-refractivity contribution in [1.29, 1.82) is 0 Å². The van der Waals surface area contributed by atoms with E-state index >= 15 is 0 Å². The number of carbonyl (C=O) groups is 4. The second-order valence-electron chi connectivity index (χ2n) is 14.0. The summed E-state index contributed by atoms with van der Waals surface area (Å²) in [6, 6.07) is 14.7. The highest BCUT2D eigenvalue weighted by atomic mass is 16.2. The van der Waals surface area contributed by atoms with Gasteiger partial charge in [-0.15, -0.1) is 0 Å². The zero-order valence-electron chi connectivity index (χ0n) is 28.7. The Morgan fingerprint density at radius 3 is 2.50 bits per heavy atom. The zero-order valence-corrected chi connectivity index (χ0v) is 28.7. The van der Waals surface area contributed by atoms with Crippen LogP contribution in [0.3, 0.4) is 0 Å². The number of nitrogens with one attached hydrogen (secondary N) is 2. The van der Waals surface area contributed by atoms with Gasteiger partial charge in [0.2, 0.25) is 5.91 Å². The summed E-state index contributed by atoms with van der Waals surface area (Å²) in [5.74, 6) is -0.130. The molecule has 6 heterocycles. The maximum Gasteiger partial charge on any atom is 0.271 e. The van der Waals surface area contributed by atoms with Crippen molar-refractivity contribution >= 4 is 40.8 Å². The number of hydrogen-bond donors (Lipinski definition) is 3. The van der Waals surface area contributed by atoms with E-state index in [1.807, 2.05) is 24.3 Å². The third-order valence-corrected chi connectivity index (χ3v) is 10.7. The number of nitrogens with zero attached hydrogens (tertiary/aromatic N) is 7. The molecule has 3 fully saturated rings. The van der Waals surface area contributed by atoms with E-state index in [-0.39, 0.29) is 17.4 Å². The molecule has 0 spiro atoms. The van der Waals surface area contributed by atoms with Crippen molar-refractivity contribution in [2.75, 3.05) is 42.9 Å². The standard InChI is InChI=1S/C38H40N10O4/c1-23-3-10-31(36(50)42-23)48-37(51)29-9-8-28(19-30(29)38(48)52)46-18-11-24(22-46)21-45-16-12-26(13-17-45)25-4-6-27(7-5-25)43-35-33(34(39)49)40-20-32(44-35)47-15-2-14-41-47/h2,4-9,14-15,19-20,24,26,31H,1,3,10-13,16-18,21-22H2,(H2,39,49)(H,42,50)(H,43,44)/t24-,31?/m1/s1. The van der Waals surface area contributed by atoms with Crippen LogP contribution in [0.4, 0.5) is 17.2 Å². The van der Waals surface area contributed by atoms with Crippen molar-refractivity contribution < 1.29 is 19.2 Å². The second-order valence-corrected chi connectivity index (χ2v) is 14.0. The number of aromatic nitrogens is 4. The van der Waals surface area contributed by atoms with E-state index in [1.165, 1.54) is 11.8 Å². The number of nitrogens with two attached hydrogens (primary N) is 1. The van der Waals surface area contributed by atoms with Crippen LogP contribution in [0.15, 0.2) is 79.4 Å². The highest BCUT2D eigenvalue weighted by Crippen LogP contribution is 2.34. The van der Waals surface area contributed by atoms with Gasteiger partial charge in [-0.1, -0.05) is 18.7 Å². The molecule has 266 valence electrons. The van der Waals surface area contributed by atoms with Gasteiger partial charge in [0.05, 0.1) is 17.3 Å². The first-order valence-corrected chi connectivity index (χ1v) is 17.7. The van der Waals surface area contributed by atoms with Gasteiger partial charge in [-0.2, -0.15) is 5.10 Å². The number of rotatable bonds is 9. The summed E-state index contributed by atoms with van der Waals surface area (Å²) in [5.41, 5.74) is 9.96. The topological polar surface area (TPSA) is 172 Å². The fourth-order valence-corrected chi connectivity index (χ4v) is 7.90. The van der Waals surface area contributed by atoms with E-state index in [0.29, 0.717) is 47.3 Å². The largest absolute Gasteiger partial charge is 0.371 e. The van der Waals surface area contributed by atoms with Crippen LogP contribution in [0.25, 0.3) is 5.82 Å². The van der Waals surface area contributed by atoms with E-state index in [0.717, 1.165) is 68.3 Å². The Labute approximate surface area is 300 Å². The third-order valence-electron chi connectivity index (χ3n) is 10.7. The lowest BCUT2D eigenvalue weighted by Crippen LogP contribution is -2.51. The molecule has 14 heteroatoms. The summed E-state index contributed by atoms with van der Waals surface area (Å²) < 4.78 is 1.56. The minimum Gasteiger partial charge on any atom is -0.371 e. The number of fused-ring (bicyclic) bond motifs is 1. The van der Waals surface area contributed by atoms with Gasteiger partial charge in [0, 0.05) is 49.1 Å². The predicted molar refractivity (Wildman–Crippen MR) is 193 cm³/mol. The van der Waals surface area contributed by atoms with Gasteiger partial charge in [-0.3, -0.25) is 24.1 Å². The van der Waals surface area contributed by atoms with Crippen LogP contribution >= 0.6 is 0 Å². The SMILES string of the molecule is C=C1CCC(N2C(=O)c3ccc(N4CC[C@H](CN5CCC(c6ccc(Nc7nc(-n8cccn8)cnc7C(N)=O)cc6)CC5)C4)cc3C2=O)C(=O)N1. The highest BCUT2D eigenvalue weighted by Gasteiger charge is 2.44. The van der Waals surface area contributed by atoms with E-state index in [9.17, 15) is 19.2 Å². The zero-order chi connectivity index (χ0) is 35.9. The first-order chi connectivity index (χ1) is 25.2. The fourth-order valence-electron chi connectivity index (χ4n) is 7.90. The van der Waals surface area contributed by atoms with Crippen LogP contribution in [0.2, 0.25) is 0 Å². The smallest absolute Gasteiger partial charge is 0.271 e. The Morgan fingerprint density at radius 2 is 1.77 bits per heavy atom. The van der Waals surface area contributed by atoms with Crippen molar-refractivity contribution in [3.8, 4) is 5.82 Å². The number of imide groups is 1. The van der Waals surface area contributed by atoms with Gasteiger partial charge in [0.1, 0.15) is 6.04 Å². The average molecular weight is 701 g/mol. The Hall–Kier alpha value is -5.89. The summed E-state index contributed by atoms with van der Waals surface area (Å²) in [5, 5.41) is 10.1. The molecule has 14 nitrogen and oxygen atoms in total. The summed E-state index contributed by atoms with van der Waals surface area (Å²) in [7, 11) is 0. The van der Waals surface area contributed by atoms with Crippen LogP contribution in [0.5, 0.6) is 0 Å². The molecule has 4 aliphatic heterocycles. The maximum atomic E-state index is 13.4. The molecule has 0 radical (unpaired) electrons. The third kappa shape index (κ3) is 6.41. The first-order valence-electron chi connectivity index (χ1n) is 17.7. The number of piperidine rings is 2. The summed E-state index contributed by atoms with van der Waals surface area (Å²) in [4.78, 5) is 65.9. The van der Waals surface area contributed by atoms with Crippen LogP contribution in [-0.2, 0) is 4.79 Å². The quantitative estimate of drug-likeness (QED) is 0.219. The number of anilines is 3. The lowest BCUT2D eigenvalue weighted by molar-refractivity contribution is -0.125. The van der Waals surface area contributed by atoms with E-state index in [1.54, 1.807) is 29.2 Å². The normalized spacial score (nSPS) is 21.1. The molecule has 4 aliphatic rings. The molecular weight excluding hydrogens is 660 g/mol. The van der Waals surface area contributed by atoms with Crippen LogP contribution < -0.4 is 21.3 Å². The molecule has 2 aromatic carbocycles. The molecule has 3 saturated heterocycles. The lowest BCUT2D eigenvalue weighted by Gasteiger charge is -2.34. The minimum atomic E-state index is -0.811. The summed E-state index contributed by atoms with van der Waals surface area (Å²) >= 11 is 0. The van der Waals surface area contributed by atoms with E-state index < -0.39 is 23.8 Å². The lowest BCUT2D eigenvalue weighted by atomic mass is 9.89. The van der Waals surface area contributed by atoms with Crippen molar-refractivity contribution in [1.82, 2.24) is 34.9 Å². The Bertz CT molecular complexity index is 2060. The Balaban J connectivity index is 0.841. The number of primary amides is 1. The summed E-state index contributed by atoms with van der Waals surface area (Å²) in [6.45, 7) is 8.63. The van der Waals surface area contributed by atoms with Crippen molar-refractivity contribution in [2.45, 2.75) is 44.1 Å². The average Bonchev–Trinajstić information content (AvgIpc) is 3.90. The van der Waals surface area contributed by atoms with Gasteiger partial charge in [0.15, 0.2) is 17.3 Å². The number of hydrogen-bond acceptors (Lipinski definition) is 10. The predicted octanol–water partition coefficient (Wildman–Crippen LogP) is 3.60. The minimum absolute atomic E-state index is 0.0573. The molecule has 2 aromatic heterocycles. The number of benzene rings is 2. The molecular formula is C38H40N10O4. The molecule has 0 bridgehead atoms. The maximum absolute atomic E-state index is 13.4. The van der Waals surface area contributed by atoms with Crippen molar-refractivity contribution in [3.05, 3.63) is 102 Å². The van der Waals surface area contributed by atoms with E-state index in [4.69, 9.17) is 5.73 Å². The Morgan fingerprint density at radius 1 is 0.981 bits per heavy atom. The van der Waals surface area contributed by atoms with Crippen LogP contribution in [-0.4, -0.2) is 91.9 Å². The van der Waals surface area contributed by atoms with Gasteiger partial charge in [-0.05, 0) is 99.0 Å². The van der Waals surface area contributed by atoms with Gasteiger partial charge >= 0.3 is 0 Å². The molecule has 2 atom stereocenters. The molecule has 4 amide bonds. The number of carbonyl (C=O) groups excluding carboxylic acids is 4. The monoisotopic (exact) mass is 700 g/mol. The number of amides is 4. The molecule has 4 N–H and O–H groups in total. The molecule has 4 aromatic rings. The molecule has 8 rings (SSSR count). The fraction of sp³-hybridized carbons (Fsp3) is 0.342. The first kappa shape index (κ1) is 33.3. The van der Waals surface area contributed by atoms with Gasteiger partial charge in [0.25, 0.3) is 17.7 Å². The number of likely N-dealkylation sites (tertiary alicyclic amines) is 1.